The molecule has 1 spiro atoms. The summed E-state index contributed by atoms with van der Waals surface area (Å²) in [7, 11) is 0. The van der Waals surface area contributed by atoms with Crippen LogP contribution in [0.15, 0.2) is 12.1 Å². The van der Waals surface area contributed by atoms with Gasteiger partial charge in [0.05, 0.1) is 5.41 Å². The first-order chi connectivity index (χ1) is 7.72. The number of nitrogens with one attached hydrogen (secondary N) is 1. The number of anilines is 1. The monoisotopic (exact) mass is 238 g/mol. The molecule has 16 heavy (non-hydrogen) atoms. The third-order valence-corrected chi connectivity index (χ3v) is 3.60. The zero-order chi connectivity index (χ0) is 11.2. The number of aromatic nitrogens is 1. The summed E-state index contributed by atoms with van der Waals surface area (Å²) in [6.45, 7) is 1.24. The van der Waals surface area contributed by atoms with Crippen molar-refractivity contribution in [1.29, 1.82) is 0 Å². The van der Waals surface area contributed by atoms with Gasteiger partial charge in [0.25, 0.3) is 0 Å². The molecule has 0 atom stereocenters. The van der Waals surface area contributed by atoms with Crippen molar-refractivity contribution < 1.29 is 9.53 Å². The SMILES string of the molecule is O=C1Nc2nc(Cl)ccc2C12CCOCC2. The van der Waals surface area contributed by atoms with Crippen LogP contribution in [0, 0.1) is 0 Å². The molecule has 3 heterocycles. The van der Waals surface area contributed by atoms with Gasteiger partial charge < -0.3 is 10.1 Å². The fourth-order valence-corrected chi connectivity index (χ4v) is 2.63. The Morgan fingerprint density at radius 3 is 2.88 bits per heavy atom. The molecule has 1 amide bonds. The van der Waals surface area contributed by atoms with E-state index >= 15 is 0 Å². The number of carbonyl (C=O) groups is 1. The van der Waals surface area contributed by atoms with E-state index in [2.05, 4.69) is 10.3 Å². The average molecular weight is 239 g/mol. The number of pyridine rings is 1. The van der Waals surface area contributed by atoms with E-state index in [4.69, 9.17) is 16.3 Å². The number of rotatable bonds is 0. The van der Waals surface area contributed by atoms with Gasteiger partial charge in [0.2, 0.25) is 5.91 Å². The van der Waals surface area contributed by atoms with Crippen molar-refractivity contribution in [2.75, 3.05) is 18.5 Å². The first-order valence-electron chi connectivity index (χ1n) is 5.29. The maximum Gasteiger partial charge on any atom is 0.236 e. The van der Waals surface area contributed by atoms with Gasteiger partial charge in [-0.15, -0.1) is 0 Å². The Balaban J connectivity index is 2.11. The molecular weight excluding hydrogens is 228 g/mol. The molecular formula is C11H11ClN2O2. The summed E-state index contributed by atoms with van der Waals surface area (Å²) in [6, 6.07) is 3.63. The van der Waals surface area contributed by atoms with Crippen molar-refractivity contribution in [1.82, 2.24) is 4.98 Å². The van der Waals surface area contributed by atoms with E-state index in [0.717, 1.165) is 18.4 Å². The molecule has 0 aliphatic carbocycles. The Morgan fingerprint density at radius 1 is 1.38 bits per heavy atom. The highest BCUT2D eigenvalue weighted by Crippen LogP contribution is 2.43. The molecule has 0 aromatic carbocycles. The van der Waals surface area contributed by atoms with Gasteiger partial charge in [0, 0.05) is 18.8 Å². The van der Waals surface area contributed by atoms with Crippen LogP contribution >= 0.6 is 11.6 Å². The van der Waals surface area contributed by atoms with Crippen LogP contribution in [0.3, 0.4) is 0 Å². The second-order valence-electron chi connectivity index (χ2n) is 4.18. The Kier molecular flexibility index (Phi) is 2.16. The highest BCUT2D eigenvalue weighted by Gasteiger charge is 2.48. The zero-order valence-corrected chi connectivity index (χ0v) is 9.38. The molecule has 0 saturated carbocycles. The lowest BCUT2D eigenvalue weighted by atomic mass is 9.76. The highest BCUT2D eigenvalue weighted by molar-refractivity contribution is 6.29. The van der Waals surface area contributed by atoms with Crippen LogP contribution in [0.2, 0.25) is 5.15 Å². The smallest absolute Gasteiger partial charge is 0.236 e. The van der Waals surface area contributed by atoms with Crippen LogP contribution in [0.1, 0.15) is 18.4 Å². The second-order valence-corrected chi connectivity index (χ2v) is 4.57. The van der Waals surface area contributed by atoms with Gasteiger partial charge in [-0.3, -0.25) is 4.79 Å². The number of hydrogen-bond acceptors (Lipinski definition) is 3. The molecule has 1 aromatic rings. The van der Waals surface area contributed by atoms with Crippen LogP contribution < -0.4 is 5.32 Å². The van der Waals surface area contributed by atoms with Crippen LogP contribution in [0.4, 0.5) is 5.82 Å². The minimum absolute atomic E-state index is 0.0283. The summed E-state index contributed by atoms with van der Waals surface area (Å²) in [5.41, 5.74) is 0.524. The normalized spacial score (nSPS) is 21.9. The summed E-state index contributed by atoms with van der Waals surface area (Å²) < 4.78 is 5.32. The van der Waals surface area contributed by atoms with Gasteiger partial charge in [-0.2, -0.15) is 0 Å². The molecule has 2 aliphatic heterocycles. The van der Waals surface area contributed by atoms with Gasteiger partial charge >= 0.3 is 0 Å². The average Bonchev–Trinajstić information content (AvgIpc) is 2.53. The van der Waals surface area contributed by atoms with E-state index in [1.54, 1.807) is 6.07 Å². The van der Waals surface area contributed by atoms with Gasteiger partial charge in [0.15, 0.2) is 0 Å². The van der Waals surface area contributed by atoms with Crippen molar-refractivity contribution in [3.05, 3.63) is 22.8 Å². The van der Waals surface area contributed by atoms with Crippen molar-refractivity contribution in [2.45, 2.75) is 18.3 Å². The molecule has 0 radical (unpaired) electrons. The van der Waals surface area contributed by atoms with Crippen LogP contribution in [0.5, 0.6) is 0 Å². The standard InChI is InChI=1S/C11H11ClN2O2/c12-8-2-1-7-9(13-8)14-10(15)11(7)3-5-16-6-4-11/h1-2H,3-6H2,(H,13,14,15). The Hall–Kier alpha value is -1.13. The maximum atomic E-state index is 12.1. The molecule has 2 aliphatic rings. The van der Waals surface area contributed by atoms with E-state index in [1.807, 2.05) is 6.07 Å². The molecule has 4 nitrogen and oxygen atoms in total. The first kappa shape index (κ1) is 10.1. The van der Waals surface area contributed by atoms with Gasteiger partial charge in [-0.05, 0) is 18.9 Å². The minimum atomic E-state index is -0.439. The molecule has 0 bridgehead atoms. The molecule has 84 valence electrons. The number of hydrogen-bond donors (Lipinski definition) is 1. The number of halogens is 1. The van der Waals surface area contributed by atoms with Crippen molar-refractivity contribution >= 4 is 23.3 Å². The molecule has 5 heteroatoms. The maximum absolute atomic E-state index is 12.1. The lowest BCUT2D eigenvalue weighted by Crippen LogP contribution is -2.39. The van der Waals surface area contributed by atoms with Crippen molar-refractivity contribution in [2.24, 2.45) is 0 Å². The largest absolute Gasteiger partial charge is 0.381 e. The first-order valence-corrected chi connectivity index (χ1v) is 5.66. The predicted molar refractivity (Wildman–Crippen MR) is 59.6 cm³/mol. The molecule has 1 fully saturated rings. The molecule has 1 saturated heterocycles. The van der Waals surface area contributed by atoms with Gasteiger partial charge in [0.1, 0.15) is 11.0 Å². The Labute approximate surface area is 98.0 Å². The lowest BCUT2D eigenvalue weighted by Gasteiger charge is -2.31. The summed E-state index contributed by atoms with van der Waals surface area (Å²) in [4.78, 5) is 16.2. The number of ether oxygens (including phenoxy) is 1. The lowest BCUT2D eigenvalue weighted by molar-refractivity contribution is -0.124. The van der Waals surface area contributed by atoms with E-state index < -0.39 is 5.41 Å². The third kappa shape index (κ3) is 1.26. The number of carbonyl (C=O) groups excluding carboxylic acids is 1. The zero-order valence-electron chi connectivity index (χ0n) is 8.62. The minimum Gasteiger partial charge on any atom is -0.381 e. The Bertz CT molecular complexity index is 455. The quantitative estimate of drug-likeness (QED) is 0.701. The number of amides is 1. The molecule has 3 rings (SSSR count). The Morgan fingerprint density at radius 2 is 2.12 bits per heavy atom. The predicted octanol–water partition coefficient (Wildman–Crippen LogP) is 1.74. The summed E-state index contributed by atoms with van der Waals surface area (Å²) in [6.07, 6.45) is 1.43. The summed E-state index contributed by atoms with van der Waals surface area (Å²) in [5, 5.41) is 3.21. The van der Waals surface area contributed by atoms with E-state index in [0.29, 0.717) is 24.2 Å². The molecule has 1 N–H and O–H groups in total. The van der Waals surface area contributed by atoms with Crippen molar-refractivity contribution in [3.63, 3.8) is 0 Å². The third-order valence-electron chi connectivity index (χ3n) is 3.39. The van der Waals surface area contributed by atoms with E-state index in [1.165, 1.54) is 0 Å². The fourth-order valence-electron chi connectivity index (χ4n) is 2.48. The van der Waals surface area contributed by atoms with Crippen molar-refractivity contribution in [3.8, 4) is 0 Å². The topological polar surface area (TPSA) is 51.2 Å². The number of fused-ring (bicyclic) bond motifs is 2. The molecule has 0 unspecified atom stereocenters. The summed E-state index contributed by atoms with van der Waals surface area (Å²) in [5.74, 6) is 0.639. The van der Waals surface area contributed by atoms with Gasteiger partial charge in [-0.1, -0.05) is 17.7 Å². The van der Waals surface area contributed by atoms with Crippen LogP contribution in [0.25, 0.3) is 0 Å². The highest BCUT2D eigenvalue weighted by atomic mass is 35.5. The van der Waals surface area contributed by atoms with E-state index in [-0.39, 0.29) is 5.91 Å². The second kappa shape index (κ2) is 3.43. The summed E-state index contributed by atoms with van der Waals surface area (Å²) >= 11 is 5.81. The molecule has 1 aromatic heterocycles. The fraction of sp³-hybridized carbons (Fsp3) is 0.455. The van der Waals surface area contributed by atoms with Gasteiger partial charge in [-0.25, -0.2) is 4.98 Å². The van der Waals surface area contributed by atoms with Crippen LogP contribution in [-0.4, -0.2) is 24.1 Å². The number of nitrogens with zero attached hydrogens (tertiary/aromatic N) is 1. The van der Waals surface area contributed by atoms with E-state index in [9.17, 15) is 4.79 Å². The van der Waals surface area contributed by atoms with Crippen LogP contribution in [-0.2, 0) is 14.9 Å².